The van der Waals surface area contributed by atoms with Crippen molar-refractivity contribution in [1.82, 2.24) is 10.2 Å². The van der Waals surface area contributed by atoms with Crippen molar-refractivity contribution < 1.29 is 19.0 Å². The van der Waals surface area contributed by atoms with E-state index in [1.807, 2.05) is 6.07 Å². The molecule has 1 fully saturated rings. The van der Waals surface area contributed by atoms with Crippen LogP contribution in [0.4, 0.5) is 4.39 Å². The number of rotatable bonds is 10. The van der Waals surface area contributed by atoms with E-state index >= 15 is 0 Å². The number of amides is 1. The maximum atomic E-state index is 13.7. The minimum atomic E-state index is -0.353. The fourth-order valence-corrected chi connectivity index (χ4v) is 4.15. The predicted molar refractivity (Wildman–Crippen MR) is 125 cm³/mol. The highest BCUT2D eigenvalue weighted by Gasteiger charge is 2.32. The first-order valence-electron chi connectivity index (χ1n) is 11.4. The van der Waals surface area contributed by atoms with Crippen molar-refractivity contribution in [2.24, 2.45) is 5.92 Å². The number of likely N-dealkylation sites (tertiary alicyclic amines) is 1. The van der Waals surface area contributed by atoms with Gasteiger partial charge in [0.2, 0.25) is 0 Å². The van der Waals surface area contributed by atoms with Gasteiger partial charge in [-0.05, 0) is 81.0 Å². The molecule has 174 valence electrons. The molecule has 5 nitrogen and oxygen atoms in total. The van der Waals surface area contributed by atoms with Gasteiger partial charge in [-0.15, -0.1) is 0 Å². The molecule has 1 aliphatic heterocycles. The monoisotopic (exact) mass is 442 g/mol. The van der Waals surface area contributed by atoms with Gasteiger partial charge in [0, 0.05) is 43.8 Å². The Morgan fingerprint density at radius 1 is 1.19 bits per heavy atom. The lowest BCUT2D eigenvalue weighted by Gasteiger charge is -2.44. The van der Waals surface area contributed by atoms with Crippen LogP contribution >= 0.6 is 0 Å². The van der Waals surface area contributed by atoms with Crippen LogP contribution in [0.2, 0.25) is 0 Å². The highest BCUT2D eigenvalue weighted by Crippen LogP contribution is 2.34. The fraction of sp³-hybridized carbons (Fsp3) is 0.500. The van der Waals surface area contributed by atoms with Crippen molar-refractivity contribution in [3.05, 3.63) is 64.0 Å². The number of hydrogen-bond acceptors (Lipinski definition) is 4. The van der Waals surface area contributed by atoms with Crippen molar-refractivity contribution in [2.45, 2.75) is 46.6 Å². The molecule has 0 spiro atoms. The van der Waals surface area contributed by atoms with Crippen LogP contribution < -0.4 is 10.1 Å². The Bertz CT molecular complexity index is 941. The second-order valence-corrected chi connectivity index (χ2v) is 8.85. The Labute approximate surface area is 190 Å². The average Bonchev–Trinajstić information content (AvgIpc) is 2.74. The van der Waals surface area contributed by atoms with Gasteiger partial charge in [-0.1, -0.05) is 12.1 Å². The Balaban J connectivity index is 1.49. The second kappa shape index (κ2) is 10.9. The molecule has 6 heteroatoms. The topological polar surface area (TPSA) is 61.8 Å². The molecule has 0 bridgehead atoms. The number of nitrogens with zero attached hydrogens (tertiary/aromatic N) is 1. The van der Waals surface area contributed by atoms with E-state index in [1.54, 1.807) is 19.1 Å². The van der Waals surface area contributed by atoms with Gasteiger partial charge in [0.15, 0.2) is 0 Å². The summed E-state index contributed by atoms with van der Waals surface area (Å²) in [5.41, 5.74) is 4.60. The van der Waals surface area contributed by atoms with E-state index < -0.39 is 0 Å². The first-order chi connectivity index (χ1) is 15.3. The zero-order valence-electron chi connectivity index (χ0n) is 19.6. The predicted octanol–water partition coefficient (Wildman–Crippen LogP) is 4.33. The largest absolute Gasteiger partial charge is 0.493 e. The van der Waals surface area contributed by atoms with Crippen LogP contribution in [0.3, 0.4) is 0 Å². The zero-order valence-corrected chi connectivity index (χ0v) is 19.6. The van der Waals surface area contributed by atoms with Gasteiger partial charge in [0.1, 0.15) is 11.6 Å². The quantitative estimate of drug-likeness (QED) is 0.538. The Morgan fingerprint density at radius 2 is 1.94 bits per heavy atom. The number of aryl methyl sites for hydroxylation is 1. The number of carbonyl (C=O) groups excluding carboxylic acids is 1. The molecular formula is C26H35FN2O3. The molecule has 0 radical (unpaired) electrons. The SMILES string of the molecule is Cc1ccc(C(=O)NCC2CN(C(C)c3ccc(OCCCCO)c(C)c3C)C2)cc1F. The molecule has 1 amide bonds. The van der Waals surface area contributed by atoms with E-state index in [-0.39, 0.29) is 24.4 Å². The number of hydrogen-bond donors (Lipinski definition) is 2. The van der Waals surface area contributed by atoms with Gasteiger partial charge < -0.3 is 15.2 Å². The van der Waals surface area contributed by atoms with E-state index in [0.29, 0.717) is 30.2 Å². The average molecular weight is 443 g/mol. The van der Waals surface area contributed by atoms with Gasteiger partial charge in [-0.3, -0.25) is 9.69 Å². The van der Waals surface area contributed by atoms with Crippen molar-refractivity contribution in [2.75, 3.05) is 32.8 Å². The molecule has 32 heavy (non-hydrogen) atoms. The summed E-state index contributed by atoms with van der Waals surface area (Å²) in [6, 6.07) is 9.07. The number of nitrogens with one attached hydrogen (secondary N) is 1. The van der Waals surface area contributed by atoms with Gasteiger partial charge in [-0.25, -0.2) is 4.39 Å². The number of halogens is 1. The standard InChI is InChI=1S/C26H35FN2O3/c1-17-7-8-22(13-24(17)27)26(31)28-14-21-15-29(16-21)20(4)23-9-10-25(19(3)18(23)2)32-12-6-5-11-30/h7-10,13,20-21,30H,5-6,11-12,14-16H2,1-4H3,(H,28,31). The lowest BCUT2D eigenvalue weighted by Crippen LogP contribution is -2.52. The van der Waals surface area contributed by atoms with Crippen LogP contribution in [-0.2, 0) is 0 Å². The number of ether oxygens (including phenoxy) is 1. The third-order valence-corrected chi connectivity index (χ3v) is 6.56. The van der Waals surface area contributed by atoms with Gasteiger partial charge in [0.25, 0.3) is 5.91 Å². The van der Waals surface area contributed by atoms with Gasteiger partial charge in [0.05, 0.1) is 6.61 Å². The van der Waals surface area contributed by atoms with Crippen LogP contribution in [0.25, 0.3) is 0 Å². The normalized spacial score (nSPS) is 15.3. The van der Waals surface area contributed by atoms with Crippen molar-refractivity contribution in [3.8, 4) is 5.75 Å². The smallest absolute Gasteiger partial charge is 0.251 e. The van der Waals surface area contributed by atoms with Crippen LogP contribution in [0.15, 0.2) is 30.3 Å². The molecule has 1 unspecified atom stereocenters. The summed E-state index contributed by atoms with van der Waals surface area (Å²) >= 11 is 0. The molecule has 1 saturated heterocycles. The maximum absolute atomic E-state index is 13.7. The van der Waals surface area contributed by atoms with E-state index in [0.717, 1.165) is 37.2 Å². The van der Waals surface area contributed by atoms with Crippen LogP contribution in [0.1, 0.15) is 58.4 Å². The minimum absolute atomic E-state index is 0.197. The molecule has 1 heterocycles. The van der Waals surface area contributed by atoms with E-state index in [4.69, 9.17) is 9.84 Å². The number of benzene rings is 2. The maximum Gasteiger partial charge on any atom is 0.251 e. The third kappa shape index (κ3) is 5.67. The van der Waals surface area contributed by atoms with E-state index in [1.165, 1.54) is 17.2 Å². The number of unbranched alkanes of at least 4 members (excludes halogenated alkanes) is 1. The summed E-state index contributed by atoms with van der Waals surface area (Å²) < 4.78 is 19.6. The molecule has 0 aliphatic carbocycles. The lowest BCUT2D eigenvalue weighted by molar-refractivity contribution is 0.0569. The van der Waals surface area contributed by atoms with Crippen LogP contribution in [0, 0.1) is 32.5 Å². The summed E-state index contributed by atoms with van der Waals surface area (Å²) in [6.45, 7) is 11.4. The van der Waals surface area contributed by atoms with Gasteiger partial charge >= 0.3 is 0 Å². The highest BCUT2D eigenvalue weighted by molar-refractivity contribution is 5.94. The summed E-state index contributed by atoms with van der Waals surface area (Å²) in [6.07, 6.45) is 1.60. The number of carbonyl (C=O) groups is 1. The molecule has 3 rings (SSSR count). The molecule has 2 N–H and O–H groups in total. The molecule has 1 atom stereocenters. The summed E-state index contributed by atoms with van der Waals surface area (Å²) in [7, 11) is 0. The first-order valence-corrected chi connectivity index (χ1v) is 11.4. The van der Waals surface area contributed by atoms with Crippen LogP contribution in [0.5, 0.6) is 5.75 Å². The van der Waals surface area contributed by atoms with Crippen molar-refractivity contribution in [1.29, 1.82) is 0 Å². The molecule has 0 saturated carbocycles. The number of aliphatic hydroxyl groups is 1. The lowest BCUT2D eigenvalue weighted by atomic mass is 9.91. The summed E-state index contributed by atoms with van der Waals surface area (Å²) in [5, 5.41) is 11.8. The Morgan fingerprint density at radius 3 is 2.62 bits per heavy atom. The molecular weight excluding hydrogens is 407 g/mol. The van der Waals surface area contributed by atoms with Crippen molar-refractivity contribution in [3.63, 3.8) is 0 Å². The Hall–Kier alpha value is -2.44. The highest BCUT2D eigenvalue weighted by atomic mass is 19.1. The third-order valence-electron chi connectivity index (χ3n) is 6.56. The van der Waals surface area contributed by atoms with Gasteiger partial charge in [-0.2, -0.15) is 0 Å². The molecule has 1 aliphatic rings. The first kappa shape index (κ1) is 24.2. The van der Waals surface area contributed by atoms with E-state index in [2.05, 4.69) is 37.1 Å². The molecule has 2 aromatic rings. The number of aliphatic hydroxyl groups excluding tert-OH is 1. The fourth-order valence-electron chi connectivity index (χ4n) is 4.15. The summed E-state index contributed by atoms with van der Waals surface area (Å²) in [5.74, 6) is 0.727. The minimum Gasteiger partial charge on any atom is -0.493 e. The molecule has 0 aromatic heterocycles. The zero-order chi connectivity index (χ0) is 23.3. The second-order valence-electron chi connectivity index (χ2n) is 8.85. The summed E-state index contributed by atoms with van der Waals surface area (Å²) in [4.78, 5) is 14.7. The van der Waals surface area contributed by atoms with Crippen molar-refractivity contribution >= 4 is 5.91 Å². The van der Waals surface area contributed by atoms with E-state index in [9.17, 15) is 9.18 Å². The Kier molecular flexibility index (Phi) is 8.26. The molecule has 2 aromatic carbocycles. The van der Waals surface area contributed by atoms with Crippen LogP contribution in [-0.4, -0.2) is 48.8 Å².